The van der Waals surface area contributed by atoms with Gasteiger partial charge in [0.1, 0.15) is 11.9 Å². The minimum Gasteiger partial charge on any atom is -0.484 e. The zero-order chi connectivity index (χ0) is 25.0. The average Bonchev–Trinajstić information content (AvgIpc) is 3.30. The number of carbonyl (C=O) groups excluding carboxylic acids is 3. The van der Waals surface area contributed by atoms with Crippen LogP contribution in [0, 0.1) is 31.6 Å². The van der Waals surface area contributed by atoms with Gasteiger partial charge < -0.3 is 15.2 Å². The van der Waals surface area contributed by atoms with Crippen molar-refractivity contribution in [2.24, 2.45) is 23.5 Å². The van der Waals surface area contributed by atoms with E-state index in [1.807, 2.05) is 13.8 Å². The summed E-state index contributed by atoms with van der Waals surface area (Å²) in [5.41, 5.74) is 7.17. The number of Topliss-reactive ketones (excluding diaryl/α,β-unsaturated/α-hetero) is 1. The number of fused-ring (bicyclic) bond motifs is 1. The second kappa shape index (κ2) is 8.78. The van der Waals surface area contributed by atoms with Gasteiger partial charge in [-0.1, -0.05) is 26.0 Å². The highest BCUT2D eigenvalue weighted by Gasteiger charge is 2.54. The molecule has 2 N–H and O–H groups in total. The fraction of sp³-hybridized carbons (Fsp3) is 0.462. The molecular weight excluding hydrogens is 466 g/mol. The van der Waals surface area contributed by atoms with Gasteiger partial charge in [-0.2, -0.15) is 0 Å². The molecule has 5 rings (SSSR count). The van der Waals surface area contributed by atoms with Crippen LogP contribution in [0.4, 0.5) is 5.13 Å². The minimum absolute atomic E-state index is 0.00472. The molecule has 1 fully saturated rings. The van der Waals surface area contributed by atoms with Gasteiger partial charge in [0, 0.05) is 4.88 Å². The molecule has 35 heavy (non-hydrogen) atoms. The summed E-state index contributed by atoms with van der Waals surface area (Å²) in [6, 6.07) is 6.37. The van der Waals surface area contributed by atoms with Crippen LogP contribution in [0.25, 0.3) is 0 Å². The fourth-order valence-electron chi connectivity index (χ4n) is 5.23. The summed E-state index contributed by atoms with van der Waals surface area (Å²) in [4.78, 5) is 45.9. The number of primary amides is 1. The van der Waals surface area contributed by atoms with Crippen molar-refractivity contribution in [3.05, 3.63) is 51.7 Å². The Labute approximate surface area is 208 Å². The summed E-state index contributed by atoms with van der Waals surface area (Å²) in [5.74, 6) is 0.299. The molecule has 1 aromatic heterocycles. The average molecular weight is 496 g/mol. The van der Waals surface area contributed by atoms with Gasteiger partial charge in [-0.15, -0.1) is 11.3 Å². The summed E-state index contributed by atoms with van der Waals surface area (Å²) < 4.78 is 11.7. The van der Waals surface area contributed by atoms with Crippen LogP contribution in [0.3, 0.4) is 0 Å². The molecule has 3 aliphatic rings. The zero-order valence-corrected chi connectivity index (χ0v) is 21.1. The van der Waals surface area contributed by atoms with E-state index in [-0.39, 0.29) is 36.1 Å². The maximum atomic E-state index is 13.9. The molecule has 3 heterocycles. The van der Waals surface area contributed by atoms with Crippen molar-refractivity contribution in [1.82, 2.24) is 4.98 Å². The van der Waals surface area contributed by atoms with Gasteiger partial charge in [0.2, 0.25) is 0 Å². The van der Waals surface area contributed by atoms with Gasteiger partial charge in [-0.25, -0.2) is 4.98 Å². The molecule has 2 amide bonds. The van der Waals surface area contributed by atoms with Gasteiger partial charge >= 0.3 is 0 Å². The topological polar surface area (TPSA) is 112 Å². The van der Waals surface area contributed by atoms with Crippen molar-refractivity contribution >= 4 is 34.1 Å². The highest BCUT2D eigenvalue weighted by atomic mass is 32.1. The molecule has 0 saturated heterocycles. The molecule has 0 bridgehead atoms. The number of ether oxygens (including phenoxy) is 2. The lowest BCUT2D eigenvalue weighted by atomic mass is 9.70. The van der Waals surface area contributed by atoms with Crippen molar-refractivity contribution in [2.45, 2.75) is 52.7 Å². The lowest BCUT2D eigenvalue weighted by Gasteiger charge is -2.40. The Kier molecular flexibility index (Phi) is 5.91. The van der Waals surface area contributed by atoms with Crippen LogP contribution in [0.2, 0.25) is 0 Å². The van der Waals surface area contributed by atoms with Crippen LogP contribution in [0.5, 0.6) is 5.75 Å². The molecular formula is C26H29N3O5S. The van der Waals surface area contributed by atoms with Crippen LogP contribution in [-0.4, -0.2) is 35.3 Å². The third-order valence-corrected chi connectivity index (χ3v) is 8.58. The number of hydrogen-bond acceptors (Lipinski definition) is 7. The molecule has 5 atom stereocenters. The second-order valence-corrected chi connectivity index (χ2v) is 11.0. The first-order valence-electron chi connectivity index (χ1n) is 11.9. The Hall–Kier alpha value is -3.20. The van der Waals surface area contributed by atoms with Crippen molar-refractivity contribution in [1.29, 1.82) is 0 Å². The fourth-order valence-corrected chi connectivity index (χ4v) is 6.17. The zero-order valence-electron chi connectivity index (χ0n) is 20.2. The number of benzene rings is 1. The van der Waals surface area contributed by atoms with Crippen molar-refractivity contribution in [3.8, 4) is 5.75 Å². The number of nitrogens with two attached hydrogens (primary N) is 1. The molecule has 0 spiro atoms. The van der Waals surface area contributed by atoms with Crippen molar-refractivity contribution < 1.29 is 23.9 Å². The Bertz CT molecular complexity index is 1210. The van der Waals surface area contributed by atoms with E-state index < -0.39 is 11.9 Å². The predicted molar refractivity (Wildman–Crippen MR) is 131 cm³/mol. The number of ketones is 1. The molecule has 1 aromatic carbocycles. The number of amides is 2. The Balaban J connectivity index is 1.57. The summed E-state index contributed by atoms with van der Waals surface area (Å²) in [7, 11) is 0. The standard InChI is InChI=1S/C26H29N3O5S/c1-12-9-18-19(10-13(12)2)34-24-21(23(18)31)22(16-5-7-17(8-6-16)33-11-20(27)30)29(25(24)32)26-28-14(3)15(4)35-26/h5-8,12-13,18-19,22H,9-11H2,1-4H3,(H2,27,30). The molecule has 5 unspecified atom stereocenters. The highest BCUT2D eigenvalue weighted by Crippen LogP contribution is 2.50. The molecule has 9 heteroatoms. The first-order chi connectivity index (χ1) is 16.7. The molecule has 1 saturated carbocycles. The van der Waals surface area contributed by atoms with Crippen LogP contribution in [-0.2, 0) is 19.1 Å². The first kappa shape index (κ1) is 23.5. The lowest BCUT2D eigenvalue weighted by molar-refractivity contribution is -0.134. The van der Waals surface area contributed by atoms with E-state index in [1.165, 1.54) is 11.3 Å². The molecule has 2 aliphatic heterocycles. The van der Waals surface area contributed by atoms with Gasteiger partial charge in [0.25, 0.3) is 11.8 Å². The third kappa shape index (κ3) is 4.01. The van der Waals surface area contributed by atoms with E-state index >= 15 is 0 Å². The number of rotatable bonds is 5. The lowest BCUT2D eigenvalue weighted by Crippen LogP contribution is -2.43. The summed E-state index contributed by atoms with van der Waals surface area (Å²) >= 11 is 1.43. The number of thiazole rings is 1. The van der Waals surface area contributed by atoms with Crippen molar-refractivity contribution in [3.63, 3.8) is 0 Å². The number of aromatic nitrogens is 1. The van der Waals surface area contributed by atoms with Crippen molar-refractivity contribution in [2.75, 3.05) is 11.5 Å². The van der Waals surface area contributed by atoms with Crippen LogP contribution >= 0.6 is 11.3 Å². The summed E-state index contributed by atoms with van der Waals surface area (Å²) in [6.45, 7) is 7.98. The number of hydrogen-bond donors (Lipinski definition) is 1. The largest absolute Gasteiger partial charge is 0.484 e. The second-order valence-electron chi connectivity index (χ2n) is 9.84. The Morgan fingerprint density at radius 3 is 2.49 bits per heavy atom. The Morgan fingerprint density at radius 1 is 1.17 bits per heavy atom. The third-order valence-electron chi connectivity index (χ3n) is 7.51. The molecule has 184 valence electrons. The monoisotopic (exact) mass is 495 g/mol. The van der Waals surface area contributed by atoms with E-state index in [2.05, 4.69) is 18.8 Å². The van der Waals surface area contributed by atoms with Gasteiger partial charge in [0.15, 0.2) is 23.3 Å². The van der Waals surface area contributed by atoms with E-state index in [9.17, 15) is 14.4 Å². The number of carbonyl (C=O) groups is 3. The molecule has 0 radical (unpaired) electrons. The van der Waals surface area contributed by atoms with Gasteiger partial charge in [-0.05, 0) is 56.2 Å². The molecule has 2 aromatic rings. The van der Waals surface area contributed by atoms with E-state index in [4.69, 9.17) is 15.2 Å². The number of aryl methyl sites for hydroxylation is 2. The van der Waals surface area contributed by atoms with Crippen LogP contribution in [0.1, 0.15) is 48.9 Å². The first-order valence-corrected chi connectivity index (χ1v) is 12.7. The number of nitrogens with zero attached hydrogens (tertiary/aromatic N) is 2. The normalized spacial score (nSPS) is 28.0. The van der Waals surface area contributed by atoms with Gasteiger partial charge in [-0.3, -0.25) is 19.3 Å². The van der Waals surface area contributed by atoms with Crippen LogP contribution in [0.15, 0.2) is 35.6 Å². The molecule has 8 nitrogen and oxygen atoms in total. The maximum absolute atomic E-state index is 13.9. The summed E-state index contributed by atoms with van der Waals surface area (Å²) in [6.07, 6.45) is 1.23. The summed E-state index contributed by atoms with van der Waals surface area (Å²) in [5, 5.41) is 0.541. The quantitative estimate of drug-likeness (QED) is 0.678. The van der Waals surface area contributed by atoms with Crippen LogP contribution < -0.4 is 15.4 Å². The maximum Gasteiger partial charge on any atom is 0.296 e. The predicted octanol–water partition coefficient (Wildman–Crippen LogP) is 3.62. The van der Waals surface area contributed by atoms with E-state index in [0.29, 0.717) is 28.3 Å². The van der Waals surface area contributed by atoms with Gasteiger partial charge in [0.05, 0.1) is 23.2 Å². The number of anilines is 1. The minimum atomic E-state index is -0.643. The van der Waals surface area contributed by atoms with E-state index in [0.717, 1.165) is 29.0 Å². The highest BCUT2D eigenvalue weighted by molar-refractivity contribution is 7.15. The molecule has 1 aliphatic carbocycles. The smallest absolute Gasteiger partial charge is 0.296 e. The Morgan fingerprint density at radius 2 is 1.86 bits per heavy atom. The van der Waals surface area contributed by atoms with E-state index in [1.54, 1.807) is 29.2 Å². The SMILES string of the molecule is Cc1nc(N2C(=O)C3=C(C(=O)C4CC(C)C(C)CC4O3)C2c2ccc(OCC(N)=O)cc2)sc1C.